The first-order chi connectivity index (χ1) is 11.6. The number of ether oxygens (including phenoxy) is 1. The van der Waals surface area contributed by atoms with E-state index < -0.39 is 11.3 Å². The summed E-state index contributed by atoms with van der Waals surface area (Å²) in [7, 11) is 1.52. The number of aromatic nitrogens is 2. The summed E-state index contributed by atoms with van der Waals surface area (Å²) in [5, 5.41) is 19.1. The van der Waals surface area contributed by atoms with Gasteiger partial charge in [-0.2, -0.15) is 10.2 Å². The van der Waals surface area contributed by atoms with Crippen molar-refractivity contribution in [1.82, 2.24) is 9.78 Å². The molecular formula is C14H14F3N5O3. The van der Waals surface area contributed by atoms with Crippen LogP contribution in [0, 0.1) is 17.0 Å². The second-order valence-corrected chi connectivity index (χ2v) is 5.04. The van der Waals surface area contributed by atoms with Gasteiger partial charge in [0.2, 0.25) is 5.82 Å². The maximum atomic E-state index is 12.1. The van der Waals surface area contributed by atoms with Gasteiger partial charge in [0, 0.05) is 7.05 Å². The van der Waals surface area contributed by atoms with Gasteiger partial charge in [0.25, 0.3) is 0 Å². The van der Waals surface area contributed by atoms with Crippen molar-refractivity contribution in [2.24, 2.45) is 12.1 Å². The summed E-state index contributed by atoms with van der Waals surface area (Å²) in [5.41, 5.74) is 3.53. The van der Waals surface area contributed by atoms with Crippen LogP contribution in [-0.2, 0) is 7.05 Å². The molecule has 1 heterocycles. The summed E-state index contributed by atoms with van der Waals surface area (Å²) in [6, 6.07) is 5.09. The molecule has 25 heavy (non-hydrogen) atoms. The van der Waals surface area contributed by atoms with E-state index >= 15 is 0 Å². The van der Waals surface area contributed by atoms with Gasteiger partial charge in [0.05, 0.1) is 10.6 Å². The number of hydrogen-bond donors (Lipinski definition) is 1. The Morgan fingerprint density at radius 1 is 1.36 bits per heavy atom. The van der Waals surface area contributed by atoms with Crippen LogP contribution in [0.5, 0.6) is 5.75 Å². The molecule has 1 N–H and O–H groups in total. The van der Waals surface area contributed by atoms with Crippen LogP contribution >= 0.6 is 0 Å². The maximum absolute atomic E-state index is 12.1. The Morgan fingerprint density at radius 3 is 2.48 bits per heavy atom. The summed E-state index contributed by atoms with van der Waals surface area (Å²) in [6.07, 6.45) is -4.76. The predicted octanol–water partition coefficient (Wildman–Crippen LogP) is 3.37. The molecule has 0 saturated carbocycles. The van der Waals surface area contributed by atoms with Crippen LogP contribution in [0.3, 0.4) is 0 Å². The minimum Gasteiger partial charge on any atom is -0.406 e. The van der Waals surface area contributed by atoms with Gasteiger partial charge in [-0.1, -0.05) is 0 Å². The number of nitro groups is 1. The van der Waals surface area contributed by atoms with Crippen LogP contribution in [0.15, 0.2) is 29.4 Å². The standard InChI is InChI=1S/C14H14F3N5O3/c1-8(10-4-6-11(7-5-10)25-14(15,16)17)18-19-13-12(22(23)24)9(2)20-21(13)3/h4-7,19H,1-3H3. The first kappa shape index (κ1) is 18.2. The molecule has 0 aliphatic carbocycles. The van der Waals surface area contributed by atoms with Crippen LogP contribution in [0.4, 0.5) is 24.7 Å². The number of anilines is 1. The molecule has 1 aromatic carbocycles. The first-order valence-corrected chi connectivity index (χ1v) is 6.93. The van der Waals surface area contributed by atoms with Crippen molar-refractivity contribution in [2.75, 3.05) is 5.43 Å². The molecule has 11 heteroatoms. The lowest BCUT2D eigenvalue weighted by Gasteiger charge is -2.09. The topological polar surface area (TPSA) is 94.6 Å². The van der Waals surface area contributed by atoms with Gasteiger partial charge in [-0.05, 0) is 43.7 Å². The summed E-state index contributed by atoms with van der Waals surface area (Å²) in [4.78, 5) is 10.5. The third-order valence-electron chi connectivity index (χ3n) is 3.21. The van der Waals surface area contributed by atoms with Crippen molar-refractivity contribution >= 4 is 17.2 Å². The highest BCUT2D eigenvalue weighted by Crippen LogP contribution is 2.27. The summed E-state index contributed by atoms with van der Waals surface area (Å²) >= 11 is 0. The van der Waals surface area contributed by atoms with E-state index in [4.69, 9.17) is 0 Å². The van der Waals surface area contributed by atoms with E-state index in [9.17, 15) is 23.3 Å². The Balaban J connectivity index is 2.19. The molecule has 0 aliphatic rings. The molecular weight excluding hydrogens is 343 g/mol. The van der Waals surface area contributed by atoms with Crippen LogP contribution < -0.4 is 10.2 Å². The average molecular weight is 357 g/mol. The van der Waals surface area contributed by atoms with E-state index in [0.717, 1.165) is 12.1 Å². The monoisotopic (exact) mass is 357 g/mol. The predicted molar refractivity (Wildman–Crippen MR) is 83.6 cm³/mol. The number of nitrogens with zero attached hydrogens (tertiary/aromatic N) is 4. The third-order valence-corrected chi connectivity index (χ3v) is 3.21. The largest absolute Gasteiger partial charge is 0.573 e. The minimum atomic E-state index is -4.76. The van der Waals surface area contributed by atoms with Gasteiger partial charge in [-0.3, -0.25) is 15.5 Å². The molecule has 0 atom stereocenters. The van der Waals surface area contributed by atoms with Crippen LogP contribution in [0.2, 0.25) is 0 Å². The first-order valence-electron chi connectivity index (χ1n) is 6.93. The molecule has 0 radical (unpaired) electrons. The lowest BCUT2D eigenvalue weighted by molar-refractivity contribution is -0.384. The zero-order valence-electron chi connectivity index (χ0n) is 13.5. The number of hydrogen-bond acceptors (Lipinski definition) is 6. The Hall–Kier alpha value is -3.11. The number of hydrazone groups is 1. The van der Waals surface area contributed by atoms with E-state index in [1.807, 2.05) is 0 Å². The Bertz CT molecular complexity index is 812. The second-order valence-electron chi connectivity index (χ2n) is 5.04. The molecule has 0 unspecified atom stereocenters. The number of halogens is 3. The molecule has 0 aliphatic heterocycles. The fourth-order valence-corrected chi connectivity index (χ4v) is 2.09. The van der Waals surface area contributed by atoms with E-state index in [0.29, 0.717) is 11.3 Å². The zero-order valence-corrected chi connectivity index (χ0v) is 13.5. The number of rotatable bonds is 5. The highest BCUT2D eigenvalue weighted by Gasteiger charge is 2.31. The number of benzene rings is 1. The van der Waals surface area contributed by atoms with Gasteiger partial charge < -0.3 is 4.74 Å². The molecule has 2 aromatic rings. The quantitative estimate of drug-likeness (QED) is 0.503. The molecule has 0 fully saturated rings. The van der Waals surface area contributed by atoms with Gasteiger partial charge in [0.1, 0.15) is 11.4 Å². The fourth-order valence-electron chi connectivity index (χ4n) is 2.09. The Labute approximate surface area is 140 Å². The normalized spacial score (nSPS) is 12.2. The lowest BCUT2D eigenvalue weighted by atomic mass is 10.1. The van der Waals surface area contributed by atoms with E-state index in [1.54, 1.807) is 6.92 Å². The lowest BCUT2D eigenvalue weighted by Crippen LogP contribution is -2.17. The van der Waals surface area contributed by atoms with Crippen molar-refractivity contribution in [3.63, 3.8) is 0 Å². The van der Waals surface area contributed by atoms with Crippen molar-refractivity contribution in [3.8, 4) is 5.75 Å². The highest BCUT2D eigenvalue weighted by molar-refractivity contribution is 5.99. The second kappa shape index (κ2) is 6.79. The molecule has 0 bridgehead atoms. The number of nitrogens with one attached hydrogen (secondary N) is 1. The van der Waals surface area contributed by atoms with Gasteiger partial charge >= 0.3 is 12.0 Å². The molecule has 0 amide bonds. The summed E-state index contributed by atoms with van der Waals surface area (Å²) in [6.45, 7) is 3.10. The summed E-state index contributed by atoms with van der Waals surface area (Å²) in [5.74, 6) is -0.256. The van der Waals surface area contributed by atoms with Gasteiger partial charge in [-0.25, -0.2) is 4.68 Å². The molecule has 1 aromatic heterocycles. The van der Waals surface area contributed by atoms with Crippen LogP contribution in [0.25, 0.3) is 0 Å². The molecule has 2 rings (SSSR count). The van der Waals surface area contributed by atoms with E-state index in [1.165, 1.54) is 30.8 Å². The van der Waals surface area contributed by atoms with Gasteiger partial charge in [-0.15, -0.1) is 13.2 Å². The minimum absolute atomic E-state index is 0.0962. The SMILES string of the molecule is CC(=NNc1c([N+](=O)[O-])c(C)nn1C)c1ccc(OC(F)(F)F)cc1. The molecule has 0 spiro atoms. The molecule has 0 saturated heterocycles. The number of aryl methyl sites for hydroxylation is 2. The van der Waals surface area contributed by atoms with Crippen molar-refractivity contribution in [2.45, 2.75) is 20.2 Å². The third kappa shape index (κ3) is 4.46. The highest BCUT2D eigenvalue weighted by atomic mass is 19.4. The van der Waals surface area contributed by atoms with Crippen LogP contribution in [-0.4, -0.2) is 26.8 Å². The smallest absolute Gasteiger partial charge is 0.406 e. The maximum Gasteiger partial charge on any atom is 0.573 e. The fraction of sp³-hybridized carbons (Fsp3) is 0.286. The zero-order chi connectivity index (χ0) is 18.8. The molecule has 8 nitrogen and oxygen atoms in total. The molecule has 134 valence electrons. The number of alkyl halides is 3. The van der Waals surface area contributed by atoms with E-state index in [2.05, 4.69) is 20.4 Å². The van der Waals surface area contributed by atoms with Crippen molar-refractivity contribution < 1.29 is 22.8 Å². The Morgan fingerprint density at radius 2 is 1.96 bits per heavy atom. The van der Waals surface area contributed by atoms with Gasteiger partial charge in [0.15, 0.2) is 0 Å². The van der Waals surface area contributed by atoms with E-state index in [-0.39, 0.29) is 22.9 Å². The summed E-state index contributed by atoms with van der Waals surface area (Å²) < 4.78 is 41.5. The average Bonchev–Trinajstić information content (AvgIpc) is 2.77. The van der Waals surface area contributed by atoms with Crippen molar-refractivity contribution in [3.05, 3.63) is 45.6 Å². The van der Waals surface area contributed by atoms with Crippen LogP contribution in [0.1, 0.15) is 18.2 Å². The Kier molecular flexibility index (Phi) is 4.95. The van der Waals surface area contributed by atoms with Crippen molar-refractivity contribution in [1.29, 1.82) is 0 Å².